The monoisotopic (exact) mass is 221 g/mol. The van der Waals surface area contributed by atoms with Gasteiger partial charge in [-0.1, -0.05) is 5.21 Å². The molecule has 0 amide bonds. The van der Waals surface area contributed by atoms with Gasteiger partial charge in [-0.05, 0) is 0 Å². The van der Waals surface area contributed by atoms with Gasteiger partial charge < -0.3 is 0 Å². The number of carbonyl (C=O) groups is 1. The van der Waals surface area contributed by atoms with Crippen molar-refractivity contribution in [3.8, 4) is 0 Å². The van der Waals surface area contributed by atoms with E-state index in [0.717, 1.165) is 0 Å². The summed E-state index contributed by atoms with van der Waals surface area (Å²) in [4.78, 5) is 11.1. The van der Waals surface area contributed by atoms with Crippen LogP contribution in [0.5, 0.6) is 0 Å². The van der Waals surface area contributed by atoms with Crippen LogP contribution in [0.25, 0.3) is 0 Å². The van der Waals surface area contributed by atoms with E-state index in [1.807, 2.05) is 0 Å². The largest absolute Gasteiger partial charge is 0.389 e. The van der Waals surface area contributed by atoms with Crippen LogP contribution in [0.2, 0.25) is 0 Å². The van der Waals surface area contributed by atoms with Gasteiger partial charge in [0.15, 0.2) is 0 Å². The summed E-state index contributed by atoms with van der Waals surface area (Å²) in [6.45, 7) is 0. The number of carbonyl (C=O) groups excluding carboxylic acids is 1. The van der Waals surface area contributed by atoms with Gasteiger partial charge in [-0.15, -0.1) is 5.10 Å². The highest BCUT2D eigenvalue weighted by Crippen LogP contribution is 2.21. The molecule has 0 bridgehead atoms. The molecule has 84 valence electrons. The van der Waals surface area contributed by atoms with Crippen molar-refractivity contribution in [3.05, 3.63) is 11.9 Å². The van der Waals surface area contributed by atoms with Crippen molar-refractivity contribution >= 4 is 5.78 Å². The van der Waals surface area contributed by atoms with Crippen LogP contribution in [0.15, 0.2) is 6.20 Å². The summed E-state index contributed by atoms with van der Waals surface area (Å²) in [6, 6.07) is 0. The molecule has 1 heterocycles. The van der Waals surface area contributed by atoms with Crippen LogP contribution in [-0.4, -0.2) is 27.0 Å². The lowest BCUT2D eigenvalue weighted by molar-refractivity contribution is -0.143. The minimum atomic E-state index is -4.28. The van der Waals surface area contributed by atoms with Gasteiger partial charge in [-0.3, -0.25) is 9.48 Å². The van der Waals surface area contributed by atoms with E-state index in [1.165, 1.54) is 10.9 Å². The molecule has 0 radical (unpaired) electrons. The maximum absolute atomic E-state index is 11.8. The van der Waals surface area contributed by atoms with Crippen LogP contribution < -0.4 is 0 Å². The minimum Gasteiger partial charge on any atom is -0.299 e. The van der Waals surface area contributed by atoms with E-state index in [2.05, 4.69) is 10.3 Å². The quantitative estimate of drug-likeness (QED) is 0.769. The highest BCUT2D eigenvalue weighted by Gasteiger charge is 2.27. The zero-order valence-electron chi connectivity index (χ0n) is 8.08. The summed E-state index contributed by atoms with van der Waals surface area (Å²) < 4.78 is 36.7. The second kappa shape index (κ2) is 4.41. The predicted molar refractivity (Wildman–Crippen MR) is 45.0 cm³/mol. The van der Waals surface area contributed by atoms with Gasteiger partial charge in [-0.25, -0.2) is 0 Å². The summed E-state index contributed by atoms with van der Waals surface area (Å²) in [5.41, 5.74) is 0.393. The van der Waals surface area contributed by atoms with E-state index in [4.69, 9.17) is 0 Å². The molecule has 4 nitrogen and oxygen atoms in total. The number of hydrogen-bond acceptors (Lipinski definition) is 3. The van der Waals surface area contributed by atoms with E-state index in [9.17, 15) is 18.0 Å². The first-order valence-electron chi connectivity index (χ1n) is 4.30. The number of nitrogens with zero attached hydrogens (tertiary/aromatic N) is 3. The number of alkyl halides is 3. The molecule has 15 heavy (non-hydrogen) atoms. The summed E-state index contributed by atoms with van der Waals surface area (Å²) in [6.07, 6.45) is -4.44. The molecule has 1 aromatic heterocycles. The fourth-order valence-corrected chi connectivity index (χ4v) is 1.05. The average Bonchev–Trinajstić information content (AvgIpc) is 2.47. The summed E-state index contributed by atoms with van der Waals surface area (Å²) in [7, 11) is 1.62. The van der Waals surface area contributed by atoms with Gasteiger partial charge in [0.1, 0.15) is 5.78 Å². The van der Waals surface area contributed by atoms with Gasteiger partial charge in [0.2, 0.25) is 0 Å². The van der Waals surface area contributed by atoms with Crippen LogP contribution >= 0.6 is 0 Å². The molecule has 0 fully saturated rings. The fourth-order valence-electron chi connectivity index (χ4n) is 1.05. The fraction of sp³-hybridized carbons (Fsp3) is 0.625. The summed E-state index contributed by atoms with van der Waals surface area (Å²) >= 11 is 0. The van der Waals surface area contributed by atoms with Crippen molar-refractivity contribution in [3.63, 3.8) is 0 Å². The van der Waals surface area contributed by atoms with Crippen molar-refractivity contribution in [2.24, 2.45) is 7.05 Å². The Labute approximate surface area is 84.1 Å². The maximum Gasteiger partial charge on any atom is 0.389 e. The van der Waals surface area contributed by atoms with Crippen molar-refractivity contribution in [1.29, 1.82) is 0 Å². The molecule has 1 rings (SSSR count). The second-order valence-corrected chi connectivity index (χ2v) is 3.21. The van der Waals surface area contributed by atoms with E-state index in [1.54, 1.807) is 7.05 Å². The van der Waals surface area contributed by atoms with Gasteiger partial charge in [0.05, 0.1) is 18.5 Å². The first kappa shape index (κ1) is 11.7. The smallest absolute Gasteiger partial charge is 0.299 e. The first-order valence-corrected chi connectivity index (χ1v) is 4.30. The third kappa shape index (κ3) is 4.57. The lowest BCUT2D eigenvalue weighted by atomic mass is 10.1. The van der Waals surface area contributed by atoms with Crippen molar-refractivity contribution in [2.45, 2.75) is 25.4 Å². The normalized spacial score (nSPS) is 11.7. The molecular formula is C8H10F3N3O. The van der Waals surface area contributed by atoms with E-state index in [-0.39, 0.29) is 6.42 Å². The number of aryl methyl sites for hydroxylation is 1. The molecular weight excluding hydrogens is 211 g/mol. The lowest BCUT2D eigenvalue weighted by Gasteiger charge is -2.03. The van der Waals surface area contributed by atoms with Gasteiger partial charge >= 0.3 is 6.18 Å². The topological polar surface area (TPSA) is 47.8 Å². The highest BCUT2D eigenvalue weighted by atomic mass is 19.4. The maximum atomic E-state index is 11.8. The van der Waals surface area contributed by atoms with E-state index in [0.29, 0.717) is 5.69 Å². The summed E-state index contributed by atoms with van der Waals surface area (Å²) in [5, 5.41) is 7.18. The second-order valence-electron chi connectivity index (χ2n) is 3.21. The molecule has 0 unspecified atom stereocenters. The summed E-state index contributed by atoms with van der Waals surface area (Å²) in [5.74, 6) is -0.479. The number of ketones is 1. The lowest BCUT2D eigenvalue weighted by Crippen LogP contribution is -2.12. The number of hydrogen-bond donors (Lipinski definition) is 0. The van der Waals surface area contributed by atoms with Gasteiger partial charge in [0, 0.05) is 19.7 Å². The van der Waals surface area contributed by atoms with Crippen molar-refractivity contribution in [1.82, 2.24) is 15.0 Å². The molecule has 0 saturated carbocycles. The molecule has 1 aromatic rings. The highest BCUT2D eigenvalue weighted by molar-refractivity contribution is 5.80. The van der Waals surface area contributed by atoms with Crippen LogP contribution in [-0.2, 0) is 18.3 Å². The molecule has 0 aromatic carbocycles. The third-order valence-electron chi connectivity index (χ3n) is 1.72. The molecule has 7 heteroatoms. The molecule has 0 saturated heterocycles. The van der Waals surface area contributed by atoms with E-state index < -0.39 is 24.8 Å². The molecule has 0 spiro atoms. The zero-order valence-corrected chi connectivity index (χ0v) is 8.08. The SMILES string of the molecule is Cn1cc(CC(=O)CCC(F)(F)F)nn1. The van der Waals surface area contributed by atoms with E-state index >= 15 is 0 Å². The Morgan fingerprint density at radius 3 is 2.67 bits per heavy atom. The Morgan fingerprint density at radius 1 is 1.53 bits per heavy atom. The minimum absolute atomic E-state index is 0.0933. The van der Waals surface area contributed by atoms with Crippen LogP contribution in [0.3, 0.4) is 0 Å². The Morgan fingerprint density at radius 2 is 2.20 bits per heavy atom. The number of Topliss-reactive ketones (excluding diaryl/α,β-unsaturated/α-hetero) is 1. The van der Waals surface area contributed by atoms with Crippen LogP contribution in [0.4, 0.5) is 13.2 Å². The standard InChI is InChI=1S/C8H10F3N3O/c1-14-5-6(12-13-14)4-7(15)2-3-8(9,10)11/h5H,2-4H2,1H3. The predicted octanol–water partition coefficient (Wildman–Crippen LogP) is 1.27. The van der Waals surface area contributed by atoms with Crippen molar-refractivity contribution in [2.75, 3.05) is 0 Å². The third-order valence-corrected chi connectivity index (χ3v) is 1.72. The van der Waals surface area contributed by atoms with Crippen molar-refractivity contribution < 1.29 is 18.0 Å². The molecule has 0 atom stereocenters. The Bertz CT molecular complexity index is 345. The Balaban J connectivity index is 2.37. The molecule has 0 aliphatic rings. The number of aromatic nitrogens is 3. The van der Waals surface area contributed by atoms with Gasteiger partial charge in [-0.2, -0.15) is 13.2 Å². The molecule has 0 aliphatic heterocycles. The number of halogens is 3. The average molecular weight is 221 g/mol. The zero-order chi connectivity index (χ0) is 11.5. The number of rotatable bonds is 4. The first-order chi connectivity index (χ1) is 6.87. The molecule has 0 N–H and O–H groups in total. The van der Waals surface area contributed by atoms with Crippen LogP contribution in [0.1, 0.15) is 18.5 Å². The Hall–Kier alpha value is -1.40. The van der Waals surface area contributed by atoms with Crippen LogP contribution in [0, 0.1) is 0 Å². The van der Waals surface area contributed by atoms with Gasteiger partial charge in [0.25, 0.3) is 0 Å². The molecule has 0 aliphatic carbocycles. The Kier molecular flexibility index (Phi) is 3.43.